The molecule has 0 radical (unpaired) electrons. The molecule has 2 aromatic carbocycles. The molecule has 0 spiro atoms. The molecule has 1 atom stereocenters. The second-order valence-electron chi connectivity index (χ2n) is 8.11. The molecule has 2 rings (SSSR count). The third-order valence-corrected chi connectivity index (χ3v) is 6.81. The zero-order valence-electron chi connectivity index (χ0n) is 19.2. The molecule has 1 amide bonds. The summed E-state index contributed by atoms with van der Waals surface area (Å²) in [4.78, 5) is 12.5. The van der Waals surface area contributed by atoms with Crippen molar-refractivity contribution in [3.8, 4) is 0 Å². The zero-order valence-corrected chi connectivity index (χ0v) is 20.0. The van der Waals surface area contributed by atoms with Gasteiger partial charge in [0.15, 0.2) is 0 Å². The molecule has 5 nitrogen and oxygen atoms in total. The van der Waals surface area contributed by atoms with Gasteiger partial charge in [0, 0.05) is 12.1 Å². The van der Waals surface area contributed by atoms with Gasteiger partial charge in [-0.1, -0.05) is 64.3 Å². The van der Waals surface area contributed by atoms with E-state index < -0.39 is 10.0 Å². The second-order valence-corrected chi connectivity index (χ2v) is 10.0. The summed E-state index contributed by atoms with van der Waals surface area (Å²) in [7, 11) is -3.44. The van der Waals surface area contributed by atoms with Crippen LogP contribution in [-0.4, -0.2) is 27.1 Å². The van der Waals surface area contributed by atoms with Crippen LogP contribution in [0.1, 0.15) is 67.9 Å². The fourth-order valence-corrected chi connectivity index (χ4v) is 4.40. The van der Waals surface area contributed by atoms with Crippen molar-refractivity contribution in [2.24, 2.45) is 5.92 Å². The van der Waals surface area contributed by atoms with Crippen molar-refractivity contribution in [3.63, 3.8) is 0 Å². The van der Waals surface area contributed by atoms with Crippen LogP contribution in [0.15, 0.2) is 48.5 Å². The van der Waals surface area contributed by atoms with Crippen molar-refractivity contribution in [1.29, 1.82) is 0 Å². The van der Waals surface area contributed by atoms with Crippen LogP contribution in [0.5, 0.6) is 0 Å². The maximum atomic E-state index is 12.5. The number of carbonyl (C=O) groups excluding carboxylic acids is 1. The van der Waals surface area contributed by atoms with Crippen LogP contribution in [0, 0.1) is 5.92 Å². The number of hydrogen-bond donors (Lipinski definition) is 1. The van der Waals surface area contributed by atoms with Gasteiger partial charge in [0.2, 0.25) is 10.0 Å². The van der Waals surface area contributed by atoms with Gasteiger partial charge < -0.3 is 5.32 Å². The Morgan fingerprint density at radius 1 is 0.968 bits per heavy atom. The van der Waals surface area contributed by atoms with Gasteiger partial charge in [-0.15, -0.1) is 0 Å². The topological polar surface area (TPSA) is 66.5 Å². The van der Waals surface area contributed by atoms with Crippen molar-refractivity contribution < 1.29 is 13.2 Å². The molecule has 0 saturated heterocycles. The van der Waals surface area contributed by atoms with E-state index in [0.29, 0.717) is 23.7 Å². The normalized spacial score (nSPS) is 12.4. The summed E-state index contributed by atoms with van der Waals surface area (Å²) in [5, 5.41) is 3.03. The molecule has 0 aromatic heterocycles. The van der Waals surface area contributed by atoms with Gasteiger partial charge in [-0.2, -0.15) is 0 Å². The number of rotatable bonds is 12. The minimum atomic E-state index is -3.44. The molecule has 0 aliphatic carbocycles. The number of amides is 1. The van der Waals surface area contributed by atoms with Crippen LogP contribution in [0.2, 0.25) is 0 Å². The largest absolute Gasteiger partial charge is 0.352 e. The van der Waals surface area contributed by atoms with Gasteiger partial charge >= 0.3 is 0 Å². The molecule has 31 heavy (non-hydrogen) atoms. The Morgan fingerprint density at radius 2 is 1.58 bits per heavy atom. The first kappa shape index (κ1) is 24.9. The summed E-state index contributed by atoms with van der Waals surface area (Å²) in [5.41, 5.74) is 3.22. The lowest BCUT2D eigenvalue weighted by Gasteiger charge is -2.23. The second kappa shape index (κ2) is 11.9. The molecule has 6 heteroatoms. The van der Waals surface area contributed by atoms with E-state index in [1.165, 1.54) is 23.4 Å². The zero-order chi connectivity index (χ0) is 22.9. The monoisotopic (exact) mass is 444 g/mol. The number of hydrogen-bond acceptors (Lipinski definition) is 3. The first-order chi connectivity index (χ1) is 14.8. The highest BCUT2D eigenvalue weighted by Gasteiger charge is 2.18. The number of sulfonamides is 1. The van der Waals surface area contributed by atoms with Crippen LogP contribution >= 0.6 is 0 Å². The highest BCUT2D eigenvalue weighted by molar-refractivity contribution is 7.92. The SMILES string of the molecule is CCCC[C@@H](CC)CNC(=O)c1ccc(CN(c2ccc(CC)cc2)S(C)(=O)=O)cc1. The number of nitrogens with one attached hydrogen (secondary N) is 1. The molecule has 0 heterocycles. The third kappa shape index (κ3) is 7.69. The highest BCUT2D eigenvalue weighted by Crippen LogP contribution is 2.22. The Morgan fingerprint density at radius 3 is 2.10 bits per heavy atom. The standard InChI is InChI=1S/C25H36N2O3S/c1-5-8-9-21(7-3)18-26-25(28)23-14-10-22(11-15-23)19-27(31(4,29)30)24-16-12-20(6-2)13-17-24/h10-17,21H,5-9,18-19H2,1-4H3,(H,26,28)/t21-/m1/s1. The van der Waals surface area contributed by atoms with Crippen LogP contribution in [-0.2, 0) is 23.0 Å². The fourth-order valence-electron chi connectivity index (χ4n) is 3.51. The van der Waals surface area contributed by atoms with Gasteiger partial charge in [-0.05, 0) is 54.2 Å². The maximum absolute atomic E-state index is 12.5. The Hall–Kier alpha value is -2.34. The molecule has 2 aromatic rings. The molecule has 0 unspecified atom stereocenters. The van der Waals surface area contributed by atoms with Crippen LogP contribution in [0.3, 0.4) is 0 Å². The van der Waals surface area contributed by atoms with E-state index in [0.717, 1.165) is 30.4 Å². The van der Waals surface area contributed by atoms with Gasteiger partial charge in [-0.3, -0.25) is 9.10 Å². The van der Waals surface area contributed by atoms with Crippen LogP contribution in [0.25, 0.3) is 0 Å². The molecule has 0 aliphatic heterocycles. The van der Waals surface area contributed by atoms with Crippen molar-refractivity contribution >= 4 is 21.6 Å². The summed E-state index contributed by atoms with van der Waals surface area (Å²) < 4.78 is 26.2. The molecule has 0 aliphatic rings. The van der Waals surface area contributed by atoms with E-state index >= 15 is 0 Å². The van der Waals surface area contributed by atoms with Gasteiger partial charge in [-0.25, -0.2) is 8.42 Å². The number of carbonyl (C=O) groups is 1. The van der Waals surface area contributed by atoms with E-state index in [9.17, 15) is 13.2 Å². The van der Waals surface area contributed by atoms with E-state index in [1.807, 2.05) is 36.4 Å². The lowest BCUT2D eigenvalue weighted by molar-refractivity contribution is 0.0946. The summed E-state index contributed by atoms with van der Waals surface area (Å²) in [6.07, 6.45) is 6.65. The summed E-state index contributed by atoms with van der Waals surface area (Å²) >= 11 is 0. The van der Waals surface area contributed by atoms with E-state index in [2.05, 4.69) is 26.1 Å². The number of benzene rings is 2. The van der Waals surface area contributed by atoms with E-state index in [-0.39, 0.29) is 12.5 Å². The Kier molecular flexibility index (Phi) is 9.56. The molecule has 0 fully saturated rings. The molecule has 170 valence electrons. The lowest BCUT2D eigenvalue weighted by atomic mass is 9.99. The van der Waals surface area contributed by atoms with Crippen LogP contribution in [0.4, 0.5) is 5.69 Å². The predicted octanol–water partition coefficient (Wildman–Crippen LogP) is 5.16. The van der Waals surface area contributed by atoms with Crippen molar-refractivity contribution in [3.05, 3.63) is 65.2 Å². The van der Waals surface area contributed by atoms with E-state index in [4.69, 9.17) is 0 Å². The number of nitrogens with zero attached hydrogens (tertiary/aromatic N) is 1. The first-order valence-electron chi connectivity index (χ1n) is 11.2. The lowest BCUT2D eigenvalue weighted by Crippen LogP contribution is -2.30. The summed E-state index contributed by atoms with van der Waals surface area (Å²) in [5.74, 6) is 0.419. The Balaban J connectivity index is 2.05. The van der Waals surface area contributed by atoms with Gasteiger partial charge in [0.1, 0.15) is 0 Å². The van der Waals surface area contributed by atoms with Crippen molar-refractivity contribution in [1.82, 2.24) is 5.32 Å². The van der Waals surface area contributed by atoms with Crippen molar-refractivity contribution in [2.75, 3.05) is 17.1 Å². The average Bonchev–Trinajstić information content (AvgIpc) is 2.77. The third-order valence-electron chi connectivity index (χ3n) is 5.67. The van der Waals surface area contributed by atoms with Crippen molar-refractivity contribution in [2.45, 2.75) is 59.4 Å². The molecular weight excluding hydrogens is 408 g/mol. The number of anilines is 1. The first-order valence-corrected chi connectivity index (χ1v) is 13.1. The molecular formula is C25H36N2O3S. The molecule has 0 bridgehead atoms. The maximum Gasteiger partial charge on any atom is 0.251 e. The Labute approximate surface area is 187 Å². The minimum absolute atomic E-state index is 0.0865. The van der Waals surface area contributed by atoms with E-state index in [1.54, 1.807) is 12.1 Å². The minimum Gasteiger partial charge on any atom is -0.352 e. The number of aryl methyl sites for hydroxylation is 1. The quantitative estimate of drug-likeness (QED) is 0.492. The smallest absolute Gasteiger partial charge is 0.251 e. The summed E-state index contributed by atoms with van der Waals surface area (Å²) in [6.45, 7) is 7.31. The predicted molar refractivity (Wildman–Crippen MR) is 129 cm³/mol. The van der Waals surface area contributed by atoms with Crippen LogP contribution < -0.4 is 9.62 Å². The summed E-state index contributed by atoms with van der Waals surface area (Å²) in [6, 6.07) is 14.7. The average molecular weight is 445 g/mol. The van der Waals surface area contributed by atoms with Gasteiger partial charge in [0.25, 0.3) is 5.91 Å². The fraction of sp³-hybridized carbons (Fsp3) is 0.480. The molecule has 1 N–H and O–H groups in total. The number of unbranched alkanes of at least 4 members (excludes halogenated alkanes) is 1. The molecule has 0 saturated carbocycles. The highest BCUT2D eigenvalue weighted by atomic mass is 32.2. The Bertz CT molecular complexity index is 922. The van der Waals surface area contributed by atoms with Gasteiger partial charge in [0.05, 0.1) is 18.5 Å².